The van der Waals surface area contributed by atoms with Gasteiger partial charge in [-0.1, -0.05) is 165 Å². The molecule has 2 N–H and O–H groups in total. The highest BCUT2D eigenvalue weighted by molar-refractivity contribution is 4.94. The maximum absolute atomic E-state index is 9.33. The Morgan fingerprint density at radius 3 is 1.02 bits per heavy atom. The van der Waals surface area contributed by atoms with Crippen LogP contribution in [0.4, 0.5) is 0 Å². The first-order chi connectivity index (χ1) is 21.3. The van der Waals surface area contributed by atoms with E-state index in [2.05, 4.69) is 38.2 Å². The predicted octanol–water partition coefficient (Wildman–Crippen LogP) is 12.1. The van der Waals surface area contributed by atoms with Gasteiger partial charge in [0.25, 0.3) is 0 Å². The normalized spacial score (nSPS) is 13.9. The molecule has 0 fully saturated rings. The van der Waals surface area contributed by atoms with Gasteiger partial charge in [-0.15, -0.1) is 0 Å². The average Bonchev–Trinajstić information content (AvgIpc) is 3.02. The van der Waals surface area contributed by atoms with Crippen LogP contribution in [0, 0.1) is 0 Å². The average molecular weight is 603 g/mol. The summed E-state index contributed by atoms with van der Waals surface area (Å²) in [5, 5.41) is 18.7. The second-order valence-corrected chi connectivity index (χ2v) is 12.5. The van der Waals surface area contributed by atoms with Crippen LogP contribution >= 0.6 is 0 Å². The second-order valence-electron chi connectivity index (χ2n) is 12.5. The molecule has 0 heterocycles. The molecule has 0 saturated heterocycles. The van der Waals surface area contributed by atoms with E-state index in [1.54, 1.807) is 0 Å². The van der Waals surface area contributed by atoms with Gasteiger partial charge in [0.15, 0.2) is 0 Å². The van der Waals surface area contributed by atoms with E-state index in [4.69, 9.17) is 4.74 Å². The van der Waals surface area contributed by atoms with Crippen LogP contribution in [-0.4, -0.2) is 35.6 Å². The van der Waals surface area contributed by atoms with E-state index in [9.17, 15) is 10.2 Å². The van der Waals surface area contributed by atoms with Crippen LogP contribution in [0.15, 0.2) is 48.6 Å². The first-order valence-corrected chi connectivity index (χ1v) is 18.8. The fraction of sp³-hybridized carbons (Fsp3) is 0.800. The highest BCUT2D eigenvalue weighted by Gasteiger charge is 2.12. The van der Waals surface area contributed by atoms with Crippen molar-refractivity contribution in [3.05, 3.63) is 48.6 Å². The summed E-state index contributed by atoms with van der Waals surface area (Å²) in [6.45, 7) is 4.65. The number of aliphatic hydroxyl groups excluding tert-OH is 2. The number of hydrogen-bond acceptors (Lipinski definition) is 3. The van der Waals surface area contributed by atoms with Gasteiger partial charge in [0.05, 0.1) is 25.4 Å². The van der Waals surface area contributed by atoms with Crippen molar-refractivity contribution in [1.82, 2.24) is 0 Å². The molecule has 0 aliphatic rings. The summed E-state index contributed by atoms with van der Waals surface area (Å²) in [6, 6.07) is 0. The highest BCUT2D eigenvalue weighted by atomic mass is 16.5. The van der Waals surface area contributed by atoms with E-state index >= 15 is 0 Å². The van der Waals surface area contributed by atoms with Crippen LogP contribution in [-0.2, 0) is 4.74 Å². The fourth-order valence-electron chi connectivity index (χ4n) is 5.55. The molecule has 0 aromatic carbocycles. The van der Waals surface area contributed by atoms with Crippen LogP contribution in [0.3, 0.4) is 0 Å². The Kier molecular flexibility index (Phi) is 36.0. The SMILES string of the molecule is CCCCCCCC/C=C\CCCCCCC(C=CCO)OC(C=CCO)CCCCCC/C=C\CCCCCCCC. The Hall–Kier alpha value is -1.16. The summed E-state index contributed by atoms with van der Waals surface area (Å²) < 4.78 is 6.46. The molecule has 0 aromatic rings. The summed E-state index contributed by atoms with van der Waals surface area (Å²) in [4.78, 5) is 0. The van der Waals surface area contributed by atoms with Gasteiger partial charge in [-0.2, -0.15) is 0 Å². The van der Waals surface area contributed by atoms with Crippen molar-refractivity contribution in [2.75, 3.05) is 13.2 Å². The Bertz CT molecular complexity index is 582. The number of allylic oxidation sites excluding steroid dienone is 4. The molecule has 0 amide bonds. The first-order valence-electron chi connectivity index (χ1n) is 18.8. The second kappa shape index (κ2) is 37.0. The minimum Gasteiger partial charge on any atom is -0.392 e. The molecule has 43 heavy (non-hydrogen) atoms. The molecule has 3 heteroatoms. The monoisotopic (exact) mass is 603 g/mol. The van der Waals surface area contributed by atoms with Crippen molar-refractivity contribution in [1.29, 1.82) is 0 Å². The highest BCUT2D eigenvalue weighted by Crippen LogP contribution is 2.18. The zero-order valence-corrected chi connectivity index (χ0v) is 28.9. The van der Waals surface area contributed by atoms with E-state index in [-0.39, 0.29) is 25.4 Å². The largest absolute Gasteiger partial charge is 0.392 e. The summed E-state index contributed by atoms with van der Waals surface area (Å²) in [6.07, 6.45) is 50.4. The Morgan fingerprint density at radius 2 is 0.698 bits per heavy atom. The van der Waals surface area contributed by atoms with Crippen molar-refractivity contribution < 1.29 is 14.9 Å². The number of unbranched alkanes of at least 4 members (excludes halogenated alkanes) is 20. The van der Waals surface area contributed by atoms with Gasteiger partial charge in [-0.3, -0.25) is 0 Å². The van der Waals surface area contributed by atoms with Gasteiger partial charge >= 0.3 is 0 Å². The number of ether oxygens (including phenoxy) is 1. The standard InChI is InChI=1S/C40H74O3/c1-3-5-7-9-11-13-15-17-19-21-23-25-27-29-33-39(35-31-37-41)43-40(36-32-38-42)34-30-28-26-24-22-20-18-16-14-12-10-8-6-4-2/h17-20,31-32,35-36,39-42H,3-16,21-30,33-34,37-38H2,1-2H3/b19-17-,20-18-,35-31?,36-32?. The topological polar surface area (TPSA) is 49.7 Å². The van der Waals surface area contributed by atoms with E-state index in [0.29, 0.717) is 0 Å². The van der Waals surface area contributed by atoms with Crippen molar-refractivity contribution in [3.8, 4) is 0 Å². The molecule has 0 spiro atoms. The molecular weight excluding hydrogens is 528 g/mol. The maximum atomic E-state index is 9.33. The maximum Gasteiger partial charge on any atom is 0.0764 e. The van der Waals surface area contributed by atoms with Crippen molar-refractivity contribution in [2.24, 2.45) is 0 Å². The molecule has 0 aliphatic carbocycles. The zero-order valence-electron chi connectivity index (χ0n) is 28.9. The van der Waals surface area contributed by atoms with Crippen molar-refractivity contribution in [2.45, 2.75) is 193 Å². The Balaban J connectivity index is 4.09. The molecule has 0 radical (unpaired) electrons. The third-order valence-corrected chi connectivity index (χ3v) is 8.26. The number of rotatable bonds is 34. The fourth-order valence-corrected chi connectivity index (χ4v) is 5.55. The molecule has 3 nitrogen and oxygen atoms in total. The van der Waals surface area contributed by atoms with Gasteiger partial charge in [0.1, 0.15) is 0 Å². The molecule has 0 bridgehead atoms. The lowest BCUT2D eigenvalue weighted by Gasteiger charge is -2.21. The molecule has 0 aromatic heterocycles. The summed E-state index contributed by atoms with van der Waals surface area (Å²) in [5.41, 5.74) is 0. The van der Waals surface area contributed by atoms with Gasteiger partial charge < -0.3 is 14.9 Å². The molecule has 2 unspecified atom stereocenters. The number of hydrogen-bond donors (Lipinski definition) is 2. The van der Waals surface area contributed by atoms with E-state index in [1.807, 2.05) is 24.3 Å². The minimum atomic E-state index is 0.0227. The van der Waals surface area contributed by atoms with Gasteiger partial charge in [-0.25, -0.2) is 0 Å². The molecule has 0 saturated carbocycles. The molecular formula is C40H74O3. The summed E-state index contributed by atoms with van der Waals surface area (Å²) >= 11 is 0. The van der Waals surface area contributed by atoms with Crippen LogP contribution < -0.4 is 0 Å². The molecule has 252 valence electrons. The third kappa shape index (κ3) is 33.6. The Labute approximate surface area is 269 Å². The lowest BCUT2D eigenvalue weighted by Crippen LogP contribution is -2.19. The minimum absolute atomic E-state index is 0.0227. The molecule has 2 atom stereocenters. The van der Waals surface area contributed by atoms with Crippen molar-refractivity contribution >= 4 is 0 Å². The van der Waals surface area contributed by atoms with Crippen LogP contribution in [0.1, 0.15) is 181 Å². The van der Waals surface area contributed by atoms with E-state index in [1.165, 1.54) is 141 Å². The van der Waals surface area contributed by atoms with Crippen LogP contribution in [0.5, 0.6) is 0 Å². The quantitative estimate of drug-likeness (QED) is 0.0569. The third-order valence-electron chi connectivity index (χ3n) is 8.26. The predicted molar refractivity (Wildman–Crippen MR) is 191 cm³/mol. The molecule has 0 aliphatic heterocycles. The molecule has 0 rings (SSSR count). The van der Waals surface area contributed by atoms with Gasteiger partial charge in [-0.05, 0) is 64.2 Å². The van der Waals surface area contributed by atoms with Crippen LogP contribution in [0.25, 0.3) is 0 Å². The first kappa shape index (κ1) is 41.8. The van der Waals surface area contributed by atoms with Gasteiger partial charge in [0.2, 0.25) is 0 Å². The summed E-state index contributed by atoms with van der Waals surface area (Å²) in [7, 11) is 0. The summed E-state index contributed by atoms with van der Waals surface area (Å²) in [5.74, 6) is 0. The van der Waals surface area contributed by atoms with E-state index < -0.39 is 0 Å². The smallest absolute Gasteiger partial charge is 0.0764 e. The lowest BCUT2D eigenvalue weighted by molar-refractivity contribution is 0.0289. The number of aliphatic hydroxyl groups is 2. The van der Waals surface area contributed by atoms with Crippen molar-refractivity contribution in [3.63, 3.8) is 0 Å². The Morgan fingerprint density at radius 1 is 0.395 bits per heavy atom. The lowest BCUT2D eigenvalue weighted by atomic mass is 10.0. The van der Waals surface area contributed by atoms with Gasteiger partial charge in [0, 0.05) is 0 Å². The zero-order chi connectivity index (χ0) is 31.3. The van der Waals surface area contributed by atoms with Crippen LogP contribution in [0.2, 0.25) is 0 Å². The van der Waals surface area contributed by atoms with E-state index in [0.717, 1.165) is 25.7 Å².